The summed E-state index contributed by atoms with van der Waals surface area (Å²) < 4.78 is 5.83. The Morgan fingerprint density at radius 3 is 2.83 bits per heavy atom. The van der Waals surface area contributed by atoms with Crippen molar-refractivity contribution in [2.75, 3.05) is 20.3 Å². The summed E-state index contributed by atoms with van der Waals surface area (Å²) in [6.45, 7) is 0.651. The average Bonchev–Trinajstić information content (AvgIpc) is 3.17. The molecule has 0 aliphatic heterocycles. The zero-order chi connectivity index (χ0) is 13.2. The fourth-order valence-electron chi connectivity index (χ4n) is 1.74. The number of amides is 1. The Morgan fingerprint density at radius 1 is 1.56 bits per heavy atom. The lowest BCUT2D eigenvalue weighted by Crippen LogP contribution is -2.32. The Morgan fingerprint density at radius 2 is 2.28 bits per heavy atom. The van der Waals surface area contributed by atoms with Crippen molar-refractivity contribution in [2.24, 2.45) is 5.41 Å². The van der Waals surface area contributed by atoms with Gasteiger partial charge in [0.15, 0.2) is 0 Å². The third-order valence-electron chi connectivity index (χ3n) is 3.33. The molecule has 18 heavy (non-hydrogen) atoms. The zero-order valence-corrected chi connectivity index (χ0v) is 11.8. The summed E-state index contributed by atoms with van der Waals surface area (Å²) >= 11 is 3.35. The molecule has 1 aliphatic carbocycles. The van der Waals surface area contributed by atoms with E-state index in [1.165, 1.54) is 0 Å². The van der Waals surface area contributed by atoms with Crippen LogP contribution in [-0.4, -0.2) is 31.3 Å². The molecule has 0 spiro atoms. The van der Waals surface area contributed by atoms with Crippen LogP contribution in [-0.2, 0) is 0 Å². The predicted molar refractivity (Wildman–Crippen MR) is 71.8 cm³/mol. The van der Waals surface area contributed by atoms with Gasteiger partial charge in [0.2, 0.25) is 0 Å². The Labute approximate surface area is 114 Å². The van der Waals surface area contributed by atoms with Crippen molar-refractivity contribution in [3.8, 4) is 5.75 Å². The van der Waals surface area contributed by atoms with Crippen molar-refractivity contribution in [3.63, 3.8) is 0 Å². The van der Waals surface area contributed by atoms with Gasteiger partial charge in [0.1, 0.15) is 5.75 Å². The van der Waals surface area contributed by atoms with E-state index < -0.39 is 0 Å². The molecule has 0 radical (unpaired) electrons. The minimum Gasteiger partial charge on any atom is -0.497 e. The highest BCUT2D eigenvalue weighted by molar-refractivity contribution is 9.10. The molecule has 1 saturated carbocycles. The maximum absolute atomic E-state index is 12.0. The number of carbonyl (C=O) groups excluding carboxylic acids is 1. The van der Waals surface area contributed by atoms with Crippen molar-refractivity contribution in [1.82, 2.24) is 5.32 Å². The largest absolute Gasteiger partial charge is 0.497 e. The van der Waals surface area contributed by atoms with E-state index in [9.17, 15) is 9.90 Å². The number of methoxy groups -OCH3 is 1. The van der Waals surface area contributed by atoms with Gasteiger partial charge in [-0.05, 0) is 47.0 Å². The van der Waals surface area contributed by atoms with Crippen LogP contribution in [0.4, 0.5) is 0 Å². The second-order valence-corrected chi connectivity index (χ2v) is 5.54. The van der Waals surface area contributed by atoms with Gasteiger partial charge in [-0.15, -0.1) is 0 Å². The van der Waals surface area contributed by atoms with E-state index in [1.807, 2.05) is 0 Å². The van der Waals surface area contributed by atoms with Crippen LogP contribution >= 0.6 is 15.9 Å². The summed E-state index contributed by atoms with van der Waals surface area (Å²) in [6, 6.07) is 5.27. The van der Waals surface area contributed by atoms with E-state index in [-0.39, 0.29) is 17.9 Å². The molecule has 1 aromatic carbocycles. The third kappa shape index (κ3) is 2.84. The maximum atomic E-state index is 12.0. The second-order valence-electron chi connectivity index (χ2n) is 4.69. The molecule has 1 aromatic rings. The van der Waals surface area contributed by atoms with Crippen molar-refractivity contribution in [3.05, 3.63) is 28.2 Å². The SMILES string of the molecule is COc1ccc(Br)c(C(=O)NCC2(CO)CC2)c1. The number of hydrogen-bond donors (Lipinski definition) is 2. The van der Waals surface area contributed by atoms with Crippen LogP contribution in [0.2, 0.25) is 0 Å². The molecular formula is C13H16BrNO3. The van der Waals surface area contributed by atoms with Crippen molar-refractivity contribution < 1.29 is 14.6 Å². The summed E-state index contributed by atoms with van der Waals surface area (Å²) in [5.74, 6) is 0.493. The van der Waals surface area contributed by atoms with Crippen LogP contribution in [0, 0.1) is 5.41 Å². The summed E-state index contributed by atoms with van der Waals surface area (Å²) in [5, 5.41) is 12.1. The predicted octanol–water partition coefficient (Wildman–Crippen LogP) is 1.96. The molecule has 1 fully saturated rings. The molecule has 0 atom stereocenters. The molecule has 98 valence electrons. The second kappa shape index (κ2) is 5.28. The number of benzene rings is 1. The van der Waals surface area contributed by atoms with Crippen molar-refractivity contribution in [2.45, 2.75) is 12.8 Å². The van der Waals surface area contributed by atoms with Crippen LogP contribution in [0.25, 0.3) is 0 Å². The van der Waals surface area contributed by atoms with Gasteiger partial charge in [-0.2, -0.15) is 0 Å². The Hall–Kier alpha value is -1.07. The molecule has 0 unspecified atom stereocenters. The lowest BCUT2D eigenvalue weighted by atomic mass is 10.1. The first-order valence-electron chi connectivity index (χ1n) is 5.83. The lowest BCUT2D eigenvalue weighted by Gasteiger charge is -2.13. The van der Waals surface area contributed by atoms with Crippen LogP contribution in [0.1, 0.15) is 23.2 Å². The van der Waals surface area contributed by atoms with Crippen LogP contribution in [0.15, 0.2) is 22.7 Å². The van der Waals surface area contributed by atoms with Gasteiger partial charge < -0.3 is 15.2 Å². The van der Waals surface area contributed by atoms with Gasteiger partial charge in [0.25, 0.3) is 5.91 Å². The highest BCUT2D eigenvalue weighted by Gasteiger charge is 2.42. The Kier molecular flexibility index (Phi) is 3.92. The van der Waals surface area contributed by atoms with Gasteiger partial charge in [-0.3, -0.25) is 4.79 Å². The molecule has 0 heterocycles. The molecule has 2 N–H and O–H groups in total. The molecule has 2 rings (SSSR count). The molecular weight excluding hydrogens is 298 g/mol. The van der Waals surface area contributed by atoms with E-state index in [4.69, 9.17) is 4.74 Å². The number of rotatable bonds is 5. The van der Waals surface area contributed by atoms with Gasteiger partial charge >= 0.3 is 0 Å². The molecule has 1 aliphatic rings. The molecule has 0 saturated heterocycles. The first-order valence-corrected chi connectivity index (χ1v) is 6.62. The first kappa shape index (κ1) is 13.4. The highest BCUT2D eigenvalue weighted by atomic mass is 79.9. The number of nitrogens with one attached hydrogen (secondary N) is 1. The number of hydrogen-bond acceptors (Lipinski definition) is 3. The van der Waals surface area contributed by atoms with Gasteiger partial charge in [0, 0.05) is 16.4 Å². The lowest BCUT2D eigenvalue weighted by molar-refractivity contribution is 0.0934. The summed E-state index contributed by atoms with van der Waals surface area (Å²) in [6.07, 6.45) is 1.95. The fraction of sp³-hybridized carbons (Fsp3) is 0.462. The van der Waals surface area contributed by atoms with E-state index in [1.54, 1.807) is 25.3 Å². The number of halogens is 1. The monoisotopic (exact) mass is 313 g/mol. The molecule has 0 bridgehead atoms. The Bertz CT molecular complexity index is 458. The first-order chi connectivity index (χ1) is 8.60. The highest BCUT2D eigenvalue weighted by Crippen LogP contribution is 2.44. The van der Waals surface area contributed by atoms with Gasteiger partial charge in [-0.25, -0.2) is 0 Å². The standard InChI is InChI=1S/C13H16BrNO3/c1-18-9-2-3-11(14)10(6-9)12(17)15-7-13(8-16)4-5-13/h2-3,6,16H,4-5,7-8H2,1H3,(H,15,17). The summed E-state index contributed by atoms with van der Waals surface area (Å²) in [5.41, 5.74) is 0.462. The normalized spacial score (nSPS) is 16.2. The molecule has 0 aromatic heterocycles. The van der Waals surface area contributed by atoms with Crippen LogP contribution < -0.4 is 10.1 Å². The molecule has 1 amide bonds. The third-order valence-corrected chi connectivity index (χ3v) is 4.03. The topological polar surface area (TPSA) is 58.6 Å². The zero-order valence-electron chi connectivity index (χ0n) is 10.2. The minimum absolute atomic E-state index is 0.0823. The van der Waals surface area contributed by atoms with Crippen LogP contribution in [0.3, 0.4) is 0 Å². The average molecular weight is 314 g/mol. The number of carbonyl (C=O) groups is 1. The van der Waals surface area contributed by atoms with E-state index in [0.29, 0.717) is 17.9 Å². The summed E-state index contributed by atoms with van der Waals surface area (Å²) in [7, 11) is 1.57. The fourth-order valence-corrected chi connectivity index (χ4v) is 2.16. The molecule has 4 nitrogen and oxygen atoms in total. The number of aliphatic hydroxyl groups excluding tert-OH is 1. The maximum Gasteiger partial charge on any atom is 0.252 e. The Balaban J connectivity index is 2.04. The van der Waals surface area contributed by atoms with Crippen molar-refractivity contribution >= 4 is 21.8 Å². The molecule has 5 heteroatoms. The smallest absolute Gasteiger partial charge is 0.252 e. The number of ether oxygens (including phenoxy) is 1. The van der Waals surface area contributed by atoms with E-state index in [2.05, 4.69) is 21.2 Å². The van der Waals surface area contributed by atoms with Gasteiger partial charge in [-0.1, -0.05) is 0 Å². The van der Waals surface area contributed by atoms with Gasteiger partial charge in [0.05, 0.1) is 19.3 Å². The van der Waals surface area contributed by atoms with E-state index >= 15 is 0 Å². The van der Waals surface area contributed by atoms with E-state index in [0.717, 1.165) is 17.3 Å². The summed E-state index contributed by atoms with van der Waals surface area (Å²) in [4.78, 5) is 12.0. The van der Waals surface area contributed by atoms with Crippen molar-refractivity contribution in [1.29, 1.82) is 0 Å². The number of aliphatic hydroxyl groups is 1. The van der Waals surface area contributed by atoms with Crippen LogP contribution in [0.5, 0.6) is 5.75 Å². The quantitative estimate of drug-likeness (QED) is 0.873. The minimum atomic E-state index is -0.152.